The molecule has 1 amide bonds. The van der Waals surface area contributed by atoms with Gasteiger partial charge < -0.3 is 15.8 Å². The number of nitrogen functional groups attached to an aromatic ring is 1. The SMILES string of the molecule is CC(NC(=O)Cc1csc(N)n1)C1CCCO1. The van der Waals surface area contributed by atoms with Crippen LogP contribution in [0.4, 0.5) is 5.13 Å². The zero-order valence-electron chi connectivity index (χ0n) is 9.81. The molecule has 6 heteroatoms. The first kappa shape index (κ1) is 12.3. The number of amides is 1. The molecule has 1 fully saturated rings. The van der Waals surface area contributed by atoms with Gasteiger partial charge in [0.1, 0.15) is 0 Å². The Morgan fingerprint density at radius 2 is 2.65 bits per heavy atom. The predicted molar refractivity (Wildman–Crippen MR) is 66.8 cm³/mol. The van der Waals surface area contributed by atoms with E-state index >= 15 is 0 Å². The van der Waals surface area contributed by atoms with Crippen molar-refractivity contribution in [3.8, 4) is 0 Å². The lowest BCUT2D eigenvalue weighted by molar-refractivity contribution is -0.121. The first-order valence-electron chi connectivity index (χ1n) is 5.76. The Balaban J connectivity index is 1.80. The fourth-order valence-electron chi connectivity index (χ4n) is 1.96. The van der Waals surface area contributed by atoms with Crippen LogP contribution in [-0.4, -0.2) is 29.6 Å². The summed E-state index contributed by atoms with van der Waals surface area (Å²) in [4.78, 5) is 15.8. The number of carbonyl (C=O) groups is 1. The third-order valence-corrected chi connectivity index (χ3v) is 3.55. The predicted octanol–water partition coefficient (Wildman–Crippen LogP) is 0.951. The number of thiazole rings is 1. The molecule has 3 N–H and O–H groups in total. The third-order valence-electron chi connectivity index (χ3n) is 2.82. The van der Waals surface area contributed by atoms with Gasteiger partial charge in [-0.25, -0.2) is 4.98 Å². The summed E-state index contributed by atoms with van der Waals surface area (Å²) < 4.78 is 5.52. The molecule has 0 saturated carbocycles. The number of rotatable bonds is 4. The van der Waals surface area contributed by atoms with Crippen molar-refractivity contribution in [3.63, 3.8) is 0 Å². The minimum Gasteiger partial charge on any atom is -0.376 e. The van der Waals surface area contributed by atoms with Gasteiger partial charge in [0.25, 0.3) is 0 Å². The largest absolute Gasteiger partial charge is 0.376 e. The highest BCUT2D eigenvalue weighted by atomic mass is 32.1. The van der Waals surface area contributed by atoms with Crippen molar-refractivity contribution in [2.45, 2.75) is 38.3 Å². The van der Waals surface area contributed by atoms with Crippen molar-refractivity contribution in [2.75, 3.05) is 12.3 Å². The Morgan fingerprint density at radius 3 is 3.24 bits per heavy atom. The van der Waals surface area contributed by atoms with Gasteiger partial charge in [0.15, 0.2) is 5.13 Å². The number of carbonyl (C=O) groups excluding carboxylic acids is 1. The molecule has 1 aliphatic heterocycles. The monoisotopic (exact) mass is 255 g/mol. The molecule has 0 bridgehead atoms. The van der Waals surface area contributed by atoms with E-state index in [0.29, 0.717) is 5.13 Å². The van der Waals surface area contributed by atoms with Crippen LogP contribution in [0.3, 0.4) is 0 Å². The highest BCUT2D eigenvalue weighted by Crippen LogP contribution is 2.16. The molecule has 0 aromatic carbocycles. The van der Waals surface area contributed by atoms with E-state index in [0.717, 1.165) is 25.1 Å². The summed E-state index contributed by atoms with van der Waals surface area (Å²) in [5.41, 5.74) is 6.24. The number of nitrogens with one attached hydrogen (secondary N) is 1. The molecule has 94 valence electrons. The number of aromatic nitrogens is 1. The Labute approximate surface area is 104 Å². The topological polar surface area (TPSA) is 77.2 Å². The van der Waals surface area contributed by atoms with Crippen LogP contribution in [0.1, 0.15) is 25.5 Å². The molecular formula is C11H17N3O2S. The number of ether oxygens (including phenoxy) is 1. The molecule has 1 aliphatic rings. The summed E-state index contributed by atoms with van der Waals surface area (Å²) >= 11 is 1.35. The second-order valence-corrected chi connectivity index (χ2v) is 5.15. The number of hydrogen-bond acceptors (Lipinski definition) is 5. The fourth-order valence-corrected chi connectivity index (χ4v) is 2.53. The van der Waals surface area contributed by atoms with Gasteiger partial charge in [0.05, 0.1) is 24.3 Å². The normalized spacial score (nSPS) is 21.4. The van der Waals surface area contributed by atoms with Crippen molar-refractivity contribution in [2.24, 2.45) is 0 Å². The lowest BCUT2D eigenvalue weighted by Crippen LogP contribution is -2.41. The maximum atomic E-state index is 11.7. The van der Waals surface area contributed by atoms with Crippen LogP contribution in [0.5, 0.6) is 0 Å². The van der Waals surface area contributed by atoms with Crippen LogP contribution < -0.4 is 11.1 Å². The molecular weight excluding hydrogens is 238 g/mol. The average Bonchev–Trinajstić information content (AvgIpc) is 2.89. The van der Waals surface area contributed by atoms with Crippen LogP contribution in [0, 0.1) is 0 Å². The van der Waals surface area contributed by atoms with Gasteiger partial charge in [-0.15, -0.1) is 11.3 Å². The van der Waals surface area contributed by atoms with Crippen molar-refractivity contribution in [3.05, 3.63) is 11.1 Å². The maximum absolute atomic E-state index is 11.7. The summed E-state index contributed by atoms with van der Waals surface area (Å²) in [6, 6.07) is 0.0565. The lowest BCUT2D eigenvalue weighted by Gasteiger charge is -2.19. The second-order valence-electron chi connectivity index (χ2n) is 4.26. The van der Waals surface area contributed by atoms with E-state index in [1.807, 2.05) is 12.3 Å². The summed E-state index contributed by atoms with van der Waals surface area (Å²) in [5.74, 6) is -0.0294. The highest BCUT2D eigenvalue weighted by molar-refractivity contribution is 7.13. The zero-order valence-corrected chi connectivity index (χ0v) is 10.6. The van der Waals surface area contributed by atoms with Crippen molar-refractivity contribution in [1.29, 1.82) is 0 Å². The van der Waals surface area contributed by atoms with E-state index in [2.05, 4.69) is 10.3 Å². The van der Waals surface area contributed by atoms with E-state index in [-0.39, 0.29) is 24.5 Å². The van der Waals surface area contributed by atoms with Gasteiger partial charge in [0.2, 0.25) is 5.91 Å². The molecule has 2 rings (SSSR count). The summed E-state index contributed by atoms with van der Waals surface area (Å²) in [6.45, 7) is 2.77. The first-order chi connectivity index (χ1) is 8.15. The number of nitrogens with two attached hydrogens (primary N) is 1. The van der Waals surface area contributed by atoms with Gasteiger partial charge in [-0.1, -0.05) is 0 Å². The molecule has 17 heavy (non-hydrogen) atoms. The molecule has 2 heterocycles. The molecule has 5 nitrogen and oxygen atoms in total. The number of nitrogens with zero attached hydrogens (tertiary/aromatic N) is 1. The molecule has 2 unspecified atom stereocenters. The van der Waals surface area contributed by atoms with Gasteiger partial charge in [-0.05, 0) is 19.8 Å². The smallest absolute Gasteiger partial charge is 0.226 e. The molecule has 1 saturated heterocycles. The van der Waals surface area contributed by atoms with Gasteiger partial charge in [-0.2, -0.15) is 0 Å². The quantitative estimate of drug-likeness (QED) is 0.840. The van der Waals surface area contributed by atoms with Crippen LogP contribution in [-0.2, 0) is 16.0 Å². The molecule has 2 atom stereocenters. The van der Waals surface area contributed by atoms with E-state index in [9.17, 15) is 4.79 Å². The lowest BCUT2D eigenvalue weighted by atomic mass is 10.1. The fraction of sp³-hybridized carbons (Fsp3) is 0.636. The standard InChI is InChI=1S/C11H17N3O2S/c1-7(9-3-2-4-16-9)13-10(15)5-8-6-17-11(12)14-8/h6-7,9H,2-5H2,1H3,(H2,12,14)(H,13,15). The molecule has 1 aromatic rings. The van der Waals surface area contributed by atoms with Crippen LogP contribution >= 0.6 is 11.3 Å². The van der Waals surface area contributed by atoms with Crippen molar-refractivity contribution >= 4 is 22.4 Å². The van der Waals surface area contributed by atoms with Crippen molar-refractivity contribution < 1.29 is 9.53 Å². The Bertz CT molecular complexity index is 388. The second kappa shape index (κ2) is 5.46. The molecule has 0 spiro atoms. The first-order valence-corrected chi connectivity index (χ1v) is 6.64. The van der Waals surface area contributed by atoms with E-state index in [1.54, 1.807) is 0 Å². The maximum Gasteiger partial charge on any atom is 0.226 e. The van der Waals surface area contributed by atoms with Crippen LogP contribution in [0.15, 0.2) is 5.38 Å². The summed E-state index contributed by atoms with van der Waals surface area (Å²) in [6.07, 6.45) is 2.53. The van der Waals surface area contributed by atoms with Crippen molar-refractivity contribution in [1.82, 2.24) is 10.3 Å². The summed E-state index contributed by atoms with van der Waals surface area (Å²) in [5, 5.41) is 5.25. The van der Waals surface area contributed by atoms with E-state index in [4.69, 9.17) is 10.5 Å². The van der Waals surface area contributed by atoms with E-state index < -0.39 is 0 Å². The summed E-state index contributed by atoms with van der Waals surface area (Å²) in [7, 11) is 0. The van der Waals surface area contributed by atoms with Crippen LogP contribution in [0.2, 0.25) is 0 Å². The minimum atomic E-state index is -0.0294. The van der Waals surface area contributed by atoms with E-state index in [1.165, 1.54) is 11.3 Å². The Kier molecular flexibility index (Phi) is 3.96. The van der Waals surface area contributed by atoms with Gasteiger partial charge >= 0.3 is 0 Å². The molecule has 0 aliphatic carbocycles. The zero-order chi connectivity index (χ0) is 12.3. The molecule has 0 radical (unpaired) electrons. The third kappa shape index (κ3) is 3.41. The van der Waals surface area contributed by atoms with Gasteiger partial charge in [0, 0.05) is 12.0 Å². The molecule has 1 aromatic heterocycles. The number of anilines is 1. The van der Waals surface area contributed by atoms with Gasteiger partial charge in [-0.3, -0.25) is 4.79 Å². The Hall–Kier alpha value is -1.14. The minimum absolute atomic E-state index is 0.0294. The average molecular weight is 255 g/mol. The highest BCUT2D eigenvalue weighted by Gasteiger charge is 2.23. The Morgan fingerprint density at radius 1 is 1.82 bits per heavy atom. The van der Waals surface area contributed by atoms with Crippen LogP contribution in [0.25, 0.3) is 0 Å². The number of hydrogen-bond donors (Lipinski definition) is 2.